The van der Waals surface area contributed by atoms with Crippen molar-refractivity contribution in [3.8, 4) is 16.8 Å². The van der Waals surface area contributed by atoms with Gasteiger partial charge in [0.2, 0.25) is 0 Å². The summed E-state index contributed by atoms with van der Waals surface area (Å²) < 4.78 is 9.57. The number of fused-ring (bicyclic) bond motifs is 8. The molecule has 0 aliphatic rings. The molecule has 6 aromatic carbocycles. The van der Waals surface area contributed by atoms with Crippen LogP contribution < -0.4 is 0 Å². The number of furan rings is 1. The zero-order valence-corrected chi connectivity index (χ0v) is 21.4. The van der Waals surface area contributed by atoms with E-state index in [1.807, 2.05) is 12.1 Å². The molecule has 8 aromatic rings. The molecule has 0 amide bonds. The van der Waals surface area contributed by atoms with E-state index in [9.17, 15) is 0 Å². The first-order chi connectivity index (χ1) is 18.3. The van der Waals surface area contributed by atoms with E-state index in [0.29, 0.717) is 0 Å². The number of nitrogens with zero attached hydrogens (tertiary/aromatic N) is 1. The fourth-order valence-electron chi connectivity index (χ4n) is 5.77. The molecule has 0 radical (unpaired) electrons. The number of rotatable bonds is 2. The van der Waals surface area contributed by atoms with Crippen LogP contribution in [0.2, 0.25) is 0 Å². The molecule has 0 bridgehead atoms. The third-order valence-corrected chi connectivity index (χ3v) is 8.10. The van der Waals surface area contributed by atoms with Crippen molar-refractivity contribution < 1.29 is 4.42 Å². The van der Waals surface area contributed by atoms with Crippen LogP contribution in [-0.2, 0) is 0 Å². The summed E-state index contributed by atoms with van der Waals surface area (Å²) >= 11 is 3.72. The van der Waals surface area contributed by atoms with Gasteiger partial charge in [0.1, 0.15) is 11.2 Å². The largest absolute Gasteiger partial charge is 0.456 e. The van der Waals surface area contributed by atoms with Crippen LogP contribution in [0.15, 0.2) is 130 Å². The lowest BCUT2D eigenvalue weighted by atomic mass is 10.00. The Morgan fingerprint density at radius 1 is 0.541 bits per heavy atom. The molecule has 0 atom stereocenters. The Kier molecular flexibility index (Phi) is 4.40. The lowest BCUT2D eigenvalue weighted by Gasteiger charge is -2.10. The van der Waals surface area contributed by atoms with Gasteiger partial charge >= 0.3 is 0 Å². The molecule has 0 fully saturated rings. The number of para-hydroxylation sites is 1. The second-order valence-corrected chi connectivity index (χ2v) is 10.4. The van der Waals surface area contributed by atoms with Gasteiger partial charge in [0.15, 0.2) is 0 Å². The lowest BCUT2D eigenvalue weighted by molar-refractivity contribution is 0.669. The predicted molar refractivity (Wildman–Crippen MR) is 159 cm³/mol. The van der Waals surface area contributed by atoms with Crippen molar-refractivity contribution in [3.05, 3.63) is 126 Å². The first-order valence-corrected chi connectivity index (χ1v) is 13.2. The molecule has 2 heterocycles. The molecule has 0 saturated heterocycles. The number of hydrogen-bond acceptors (Lipinski definition) is 1. The molecular weight excluding hydrogens is 518 g/mol. The van der Waals surface area contributed by atoms with Crippen LogP contribution >= 0.6 is 15.9 Å². The van der Waals surface area contributed by atoms with Crippen LogP contribution in [0.5, 0.6) is 0 Å². The molecular formula is C34H20BrNO. The maximum atomic E-state index is 6.11. The summed E-state index contributed by atoms with van der Waals surface area (Å²) in [6, 6.07) is 43.2. The average molecular weight is 538 g/mol. The normalized spacial score (nSPS) is 11.9. The summed E-state index contributed by atoms with van der Waals surface area (Å²) in [5.74, 6) is 0. The van der Waals surface area contributed by atoms with Crippen LogP contribution in [0.25, 0.3) is 71.3 Å². The summed E-state index contributed by atoms with van der Waals surface area (Å²) in [4.78, 5) is 0. The van der Waals surface area contributed by atoms with Gasteiger partial charge in [-0.3, -0.25) is 0 Å². The maximum absolute atomic E-state index is 6.11. The van der Waals surface area contributed by atoms with Gasteiger partial charge in [-0.1, -0.05) is 88.7 Å². The molecule has 174 valence electrons. The molecule has 0 aliphatic heterocycles. The van der Waals surface area contributed by atoms with Crippen molar-refractivity contribution in [1.29, 1.82) is 0 Å². The summed E-state index contributed by atoms with van der Waals surface area (Å²) in [7, 11) is 0. The predicted octanol–water partition coefficient (Wildman–Crippen LogP) is 10.3. The van der Waals surface area contributed by atoms with Crippen molar-refractivity contribution in [2.45, 2.75) is 0 Å². The van der Waals surface area contributed by atoms with Gasteiger partial charge in [0, 0.05) is 37.1 Å². The van der Waals surface area contributed by atoms with Gasteiger partial charge in [-0.25, -0.2) is 0 Å². The zero-order chi connectivity index (χ0) is 24.5. The highest BCUT2D eigenvalue weighted by Gasteiger charge is 2.16. The summed E-state index contributed by atoms with van der Waals surface area (Å²) in [6.45, 7) is 0. The van der Waals surface area contributed by atoms with Crippen LogP contribution in [0.1, 0.15) is 0 Å². The second kappa shape index (κ2) is 7.83. The molecule has 2 aromatic heterocycles. The zero-order valence-electron chi connectivity index (χ0n) is 19.8. The minimum absolute atomic E-state index is 0.898. The van der Waals surface area contributed by atoms with E-state index < -0.39 is 0 Å². The average Bonchev–Trinajstić information content (AvgIpc) is 3.49. The van der Waals surface area contributed by atoms with E-state index in [2.05, 4.69) is 130 Å². The van der Waals surface area contributed by atoms with Gasteiger partial charge in [0.25, 0.3) is 0 Å². The summed E-state index contributed by atoms with van der Waals surface area (Å²) in [5, 5.41) is 7.26. The van der Waals surface area contributed by atoms with Crippen molar-refractivity contribution in [2.24, 2.45) is 0 Å². The Balaban J connectivity index is 1.43. The van der Waals surface area contributed by atoms with Gasteiger partial charge in [-0.05, 0) is 65.0 Å². The molecule has 0 aliphatic carbocycles. The molecule has 37 heavy (non-hydrogen) atoms. The quantitative estimate of drug-likeness (QED) is 0.214. The first kappa shape index (κ1) is 20.8. The van der Waals surface area contributed by atoms with Crippen LogP contribution in [0.3, 0.4) is 0 Å². The Labute approximate surface area is 221 Å². The first-order valence-electron chi connectivity index (χ1n) is 12.4. The number of benzene rings is 6. The number of hydrogen-bond donors (Lipinski definition) is 0. The van der Waals surface area contributed by atoms with E-state index in [-0.39, 0.29) is 0 Å². The molecule has 3 heteroatoms. The number of halogens is 1. The van der Waals surface area contributed by atoms with Crippen molar-refractivity contribution in [3.63, 3.8) is 0 Å². The van der Waals surface area contributed by atoms with E-state index in [1.54, 1.807) is 0 Å². The van der Waals surface area contributed by atoms with E-state index in [1.165, 1.54) is 49.4 Å². The third-order valence-electron chi connectivity index (χ3n) is 7.44. The summed E-state index contributed by atoms with van der Waals surface area (Å²) in [6.07, 6.45) is 0. The van der Waals surface area contributed by atoms with E-state index in [0.717, 1.165) is 26.4 Å². The Morgan fingerprint density at radius 2 is 1.32 bits per heavy atom. The van der Waals surface area contributed by atoms with Crippen LogP contribution in [-0.4, -0.2) is 4.57 Å². The molecule has 0 N–H and O–H groups in total. The van der Waals surface area contributed by atoms with E-state index in [4.69, 9.17) is 4.42 Å². The fraction of sp³-hybridized carbons (Fsp3) is 0. The fourth-order valence-corrected chi connectivity index (χ4v) is 6.33. The standard InChI is InChI=1S/C34H20BrNO/c35-29-11-6-12-32-33(29)28-20-23(15-18-31(28)37-32)22-14-17-30-27(19-22)26-16-13-21-7-4-5-10-25(21)34(26)36(30)24-8-2-1-3-9-24/h1-20H. The van der Waals surface area contributed by atoms with E-state index >= 15 is 0 Å². The van der Waals surface area contributed by atoms with Gasteiger partial charge < -0.3 is 8.98 Å². The Morgan fingerprint density at radius 3 is 2.22 bits per heavy atom. The van der Waals surface area contributed by atoms with Crippen LogP contribution in [0.4, 0.5) is 0 Å². The summed E-state index contributed by atoms with van der Waals surface area (Å²) in [5.41, 5.74) is 7.79. The molecule has 8 rings (SSSR count). The van der Waals surface area contributed by atoms with Crippen molar-refractivity contribution >= 4 is 70.4 Å². The van der Waals surface area contributed by atoms with Crippen molar-refractivity contribution in [1.82, 2.24) is 4.57 Å². The molecule has 2 nitrogen and oxygen atoms in total. The highest BCUT2D eigenvalue weighted by molar-refractivity contribution is 9.10. The van der Waals surface area contributed by atoms with Gasteiger partial charge in [-0.2, -0.15) is 0 Å². The smallest absolute Gasteiger partial charge is 0.136 e. The highest BCUT2D eigenvalue weighted by atomic mass is 79.9. The Bertz CT molecular complexity index is 2150. The lowest BCUT2D eigenvalue weighted by Crippen LogP contribution is -1.93. The Hall–Kier alpha value is -4.34. The molecule has 0 unspecified atom stereocenters. The topological polar surface area (TPSA) is 18.1 Å². The van der Waals surface area contributed by atoms with Crippen LogP contribution in [0, 0.1) is 0 Å². The molecule has 0 saturated carbocycles. The van der Waals surface area contributed by atoms with Gasteiger partial charge in [0.05, 0.1) is 11.0 Å². The SMILES string of the molecule is Brc1cccc2oc3ccc(-c4ccc5c(c4)c4ccc6ccccc6c4n5-c4ccccc4)cc3c12. The third kappa shape index (κ3) is 3.04. The maximum Gasteiger partial charge on any atom is 0.136 e. The minimum Gasteiger partial charge on any atom is -0.456 e. The van der Waals surface area contributed by atoms with Gasteiger partial charge in [-0.15, -0.1) is 0 Å². The highest BCUT2D eigenvalue weighted by Crippen LogP contribution is 2.40. The number of aromatic nitrogens is 1. The van der Waals surface area contributed by atoms with Crippen molar-refractivity contribution in [2.75, 3.05) is 0 Å². The second-order valence-electron chi connectivity index (χ2n) is 9.51. The monoisotopic (exact) mass is 537 g/mol. The molecule has 0 spiro atoms. The minimum atomic E-state index is 0.898.